The Morgan fingerprint density at radius 2 is 1.88 bits per heavy atom. The molecule has 0 bridgehead atoms. The number of hydrogen-bond donors (Lipinski definition) is 0. The Hall–Kier alpha value is -2.48. The molecule has 136 valence electrons. The molecule has 0 aliphatic carbocycles. The van der Waals surface area contributed by atoms with E-state index in [1.807, 2.05) is 22.4 Å². The summed E-state index contributed by atoms with van der Waals surface area (Å²) in [5.74, 6) is 0.230. The van der Waals surface area contributed by atoms with Crippen molar-refractivity contribution >= 4 is 34.0 Å². The molecule has 2 saturated heterocycles. The van der Waals surface area contributed by atoms with Gasteiger partial charge in [0.2, 0.25) is 11.8 Å². The van der Waals surface area contributed by atoms with E-state index >= 15 is 0 Å². The maximum atomic E-state index is 12.6. The summed E-state index contributed by atoms with van der Waals surface area (Å²) in [5, 5.41) is 2.62. The molecular formula is C18H21N5O2S. The van der Waals surface area contributed by atoms with Crippen molar-refractivity contribution in [3.63, 3.8) is 0 Å². The minimum absolute atomic E-state index is 0.101. The van der Waals surface area contributed by atoms with Crippen LogP contribution in [0.3, 0.4) is 0 Å². The highest BCUT2D eigenvalue weighted by Gasteiger charge is 2.26. The van der Waals surface area contributed by atoms with E-state index in [2.05, 4.69) is 14.9 Å². The Bertz CT molecular complexity index is 786. The average Bonchev–Trinajstić information content (AvgIpc) is 3.31. The van der Waals surface area contributed by atoms with Gasteiger partial charge in [-0.05, 0) is 18.6 Å². The second-order valence-corrected chi connectivity index (χ2v) is 7.36. The van der Waals surface area contributed by atoms with Crippen molar-refractivity contribution in [3.8, 4) is 0 Å². The molecule has 0 aromatic carbocycles. The topological polar surface area (TPSA) is 69.6 Å². The van der Waals surface area contributed by atoms with E-state index < -0.39 is 0 Å². The standard InChI is InChI=1S/C18H21N5O2S/c24-16-2-1-7-23(16)18-20-14(13-26-18)12-17(25)22-10-8-21(9-11-22)15-3-5-19-6-4-15/h3-6,13H,1-2,7-12H2. The minimum Gasteiger partial charge on any atom is -0.368 e. The van der Waals surface area contributed by atoms with E-state index in [9.17, 15) is 9.59 Å². The Kier molecular flexibility index (Phi) is 4.83. The van der Waals surface area contributed by atoms with Gasteiger partial charge in [0.05, 0.1) is 12.1 Å². The summed E-state index contributed by atoms with van der Waals surface area (Å²) in [4.78, 5) is 38.8. The molecule has 2 aromatic heterocycles. The molecular weight excluding hydrogens is 350 g/mol. The average molecular weight is 371 g/mol. The normalized spacial score (nSPS) is 17.8. The number of carbonyl (C=O) groups excluding carboxylic acids is 2. The van der Waals surface area contributed by atoms with Crippen molar-refractivity contribution < 1.29 is 9.59 Å². The number of thiazole rings is 1. The van der Waals surface area contributed by atoms with Crippen molar-refractivity contribution in [1.29, 1.82) is 0 Å². The fourth-order valence-electron chi connectivity index (χ4n) is 3.39. The van der Waals surface area contributed by atoms with Gasteiger partial charge in [-0.15, -0.1) is 11.3 Å². The lowest BCUT2D eigenvalue weighted by molar-refractivity contribution is -0.130. The molecule has 2 amide bonds. The summed E-state index contributed by atoms with van der Waals surface area (Å²) in [6, 6.07) is 3.99. The van der Waals surface area contributed by atoms with Gasteiger partial charge in [-0.2, -0.15) is 0 Å². The van der Waals surface area contributed by atoms with E-state index in [4.69, 9.17) is 0 Å². The predicted molar refractivity (Wildman–Crippen MR) is 100 cm³/mol. The summed E-state index contributed by atoms with van der Waals surface area (Å²) < 4.78 is 0. The van der Waals surface area contributed by atoms with Gasteiger partial charge in [0.15, 0.2) is 5.13 Å². The fourth-order valence-corrected chi connectivity index (χ4v) is 4.26. The van der Waals surface area contributed by atoms with Crippen molar-refractivity contribution in [1.82, 2.24) is 14.9 Å². The molecule has 0 atom stereocenters. The molecule has 0 spiro atoms. The third-order valence-electron chi connectivity index (χ3n) is 4.84. The number of carbonyl (C=O) groups is 2. The maximum Gasteiger partial charge on any atom is 0.228 e. The summed E-state index contributed by atoms with van der Waals surface area (Å²) in [6.07, 6.45) is 5.35. The van der Waals surface area contributed by atoms with Gasteiger partial charge >= 0.3 is 0 Å². The first-order valence-electron chi connectivity index (χ1n) is 8.88. The van der Waals surface area contributed by atoms with Crippen molar-refractivity contribution in [2.45, 2.75) is 19.3 Å². The first-order chi connectivity index (χ1) is 12.7. The van der Waals surface area contributed by atoms with Crippen LogP contribution in [0.1, 0.15) is 18.5 Å². The monoisotopic (exact) mass is 371 g/mol. The quantitative estimate of drug-likeness (QED) is 0.816. The number of nitrogens with zero attached hydrogens (tertiary/aromatic N) is 5. The van der Waals surface area contributed by atoms with Gasteiger partial charge in [0, 0.05) is 62.6 Å². The second-order valence-electron chi connectivity index (χ2n) is 6.52. The molecule has 2 aliphatic heterocycles. The lowest BCUT2D eigenvalue weighted by Gasteiger charge is -2.36. The largest absolute Gasteiger partial charge is 0.368 e. The van der Waals surface area contributed by atoms with Crippen LogP contribution < -0.4 is 9.80 Å². The highest BCUT2D eigenvalue weighted by molar-refractivity contribution is 7.14. The lowest BCUT2D eigenvalue weighted by Crippen LogP contribution is -2.49. The van der Waals surface area contributed by atoms with Crippen LogP contribution in [-0.2, 0) is 16.0 Å². The van der Waals surface area contributed by atoms with Crippen LogP contribution in [0, 0.1) is 0 Å². The molecule has 0 radical (unpaired) electrons. The molecule has 7 nitrogen and oxygen atoms in total. The third kappa shape index (κ3) is 3.55. The molecule has 2 fully saturated rings. The predicted octanol–water partition coefficient (Wildman–Crippen LogP) is 1.56. The van der Waals surface area contributed by atoms with Gasteiger partial charge in [0.1, 0.15) is 0 Å². The summed E-state index contributed by atoms with van der Waals surface area (Å²) >= 11 is 1.45. The zero-order chi connectivity index (χ0) is 17.9. The van der Waals surface area contributed by atoms with Crippen LogP contribution in [0.15, 0.2) is 29.9 Å². The number of hydrogen-bond acceptors (Lipinski definition) is 6. The smallest absolute Gasteiger partial charge is 0.228 e. The summed E-state index contributed by atoms with van der Waals surface area (Å²) in [6.45, 7) is 3.79. The molecule has 4 rings (SSSR count). The molecule has 0 saturated carbocycles. The Morgan fingerprint density at radius 3 is 2.58 bits per heavy atom. The number of piperazine rings is 1. The molecule has 26 heavy (non-hydrogen) atoms. The summed E-state index contributed by atoms with van der Waals surface area (Å²) in [5.41, 5.74) is 1.90. The molecule has 2 aliphatic rings. The van der Waals surface area contributed by atoms with Crippen LogP contribution in [0.2, 0.25) is 0 Å². The Morgan fingerprint density at radius 1 is 1.12 bits per heavy atom. The fraction of sp³-hybridized carbons (Fsp3) is 0.444. The first kappa shape index (κ1) is 17.0. The molecule has 2 aromatic rings. The Labute approximate surface area is 156 Å². The third-order valence-corrected chi connectivity index (χ3v) is 5.75. The van der Waals surface area contributed by atoms with Gasteiger partial charge < -0.3 is 9.80 Å². The SMILES string of the molecule is O=C(Cc1csc(N2CCCC2=O)n1)N1CCN(c2ccncc2)CC1. The number of pyridine rings is 1. The summed E-state index contributed by atoms with van der Waals surface area (Å²) in [7, 11) is 0. The molecule has 0 unspecified atom stereocenters. The lowest BCUT2D eigenvalue weighted by atomic mass is 10.2. The van der Waals surface area contributed by atoms with Crippen molar-refractivity contribution in [3.05, 3.63) is 35.6 Å². The van der Waals surface area contributed by atoms with Crippen LogP contribution in [0.5, 0.6) is 0 Å². The van der Waals surface area contributed by atoms with Crippen LogP contribution in [0.4, 0.5) is 10.8 Å². The van der Waals surface area contributed by atoms with E-state index in [0.29, 0.717) is 25.9 Å². The number of rotatable bonds is 4. The van der Waals surface area contributed by atoms with Gasteiger partial charge in [-0.3, -0.25) is 19.5 Å². The molecule has 8 heteroatoms. The zero-order valence-electron chi connectivity index (χ0n) is 14.5. The van der Waals surface area contributed by atoms with Crippen LogP contribution in [0.25, 0.3) is 0 Å². The minimum atomic E-state index is 0.101. The molecule has 4 heterocycles. The van der Waals surface area contributed by atoms with Gasteiger partial charge in [-0.25, -0.2) is 4.98 Å². The second kappa shape index (κ2) is 7.41. The molecule has 0 N–H and O–H groups in total. The van der Waals surface area contributed by atoms with Crippen LogP contribution in [-0.4, -0.2) is 59.4 Å². The van der Waals surface area contributed by atoms with E-state index in [1.54, 1.807) is 17.3 Å². The number of anilines is 2. The number of aromatic nitrogens is 2. The van der Waals surface area contributed by atoms with Crippen molar-refractivity contribution in [2.75, 3.05) is 42.5 Å². The van der Waals surface area contributed by atoms with Gasteiger partial charge in [0.25, 0.3) is 0 Å². The van der Waals surface area contributed by atoms with E-state index in [0.717, 1.165) is 42.6 Å². The Balaban J connectivity index is 1.32. The van der Waals surface area contributed by atoms with E-state index in [-0.39, 0.29) is 11.8 Å². The van der Waals surface area contributed by atoms with Gasteiger partial charge in [-0.1, -0.05) is 0 Å². The number of amides is 2. The maximum absolute atomic E-state index is 12.6. The van der Waals surface area contributed by atoms with Crippen LogP contribution >= 0.6 is 11.3 Å². The van der Waals surface area contributed by atoms with Crippen molar-refractivity contribution in [2.24, 2.45) is 0 Å². The highest BCUT2D eigenvalue weighted by Crippen LogP contribution is 2.25. The first-order valence-corrected chi connectivity index (χ1v) is 9.76. The highest BCUT2D eigenvalue weighted by atomic mass is 32.1. The van der Waals surface area contributed by atoms with E-state index in [1.165, 1.54) is 11.3 Å². The zero-order valence-corrected chi connectivity index (χ0v) is 15.3.